The smallest absolute Gasteiger partial charge is 0.262 e. The zero-order valence-electron chi connectivity index (χ0n) is 15.8. The number of carbonyl (C=O) groups is 1. The number of aromatic nitrogens is 2. The molecule has 1 heterocycles. The number of rotatable bonds is 7. The van der Waals surface area contributed by atoms with Crippen LogP contribution < -0.4 is 10.9 Å². The lowest BCUT2D eigenvalue weighted by atomic mass is 10.2. The minimum Gasteiger partial charge on any atom is -0.383 e. The molecule has 0 fully saturated rings. The van der Waals surface area contributed by atoms with E-state index in [1.807, 2.05) is 0 Å². The topological polar surface area (TPSA) is 73.2 Å². The zero-order chi connectivity index (χ0) is 21.0. The van der Waals surface area contributed by atoms with E-state index in [2.05, 4.69) is 10.3 Å². The molecule has 0 aliphatic heterocycles. The van der Waals surface area contributed by atoms with Crippen LogP contribution in [-0.4, -0.2) is 34.4 Å². The highest BCUT2D eigenvalue weighted by Gasteiger charge is 2.20. The molecular formula is C20H19Cl2N3O3S. The highest BCUT2D eigenvalue weighted by Crippen LogP contribution is 2.25. The number of carbonyl (C=O) groups excluding carboxylic acids is 1. The Labute approximate surface area is 182 Å². The number of anilines is 1. The number of methoxy groups -OCH3 is 1. The number of halogens is 2. The minimum absolute atomic E-state index is 0.198. The van der Waals surface area contributed by atoms with Crippen LogP contribution in [0.2, 0.25) is 10.0 Å². The number of nitrogens with one attached hydrogen (secondary N) is 1. The Morgan fingerprint density at radius 2 is 1.90 bits per heavy atom. The molecule has 0 radical (unpaired) electrons. The number of fused-ring (bicyclic) bond motifs is 1. The maximum atomic E-state index is 12.9. The molecule has 29 heavy (non-hydrogen) atoms. The summed E-state index contributed by atoms with van der Waals surface area (Å²) in [5.74, 6) is -0.212. The molecular weight excluding hydrogens is 433 g/mol. The lowest BCUT2D eigenvalue weighted by molar-refractivity contribution is -0.115. The molecule has 0 bridgehead atoms. The van der Waals surface area contributed by atoms with Gasteiger partial charge in [-0.25, -0.2) is 4.98 Å². The van der Waals surface area contributed by atoms with E-state index in [9.17, 15) is 9.59 Å². The minimum atomic E-state index is -0.497. The van der Waals surface area contributed by atoms with Gasteiger partial charge in [0.15, 0.2) is 5.16 Å². The first-order chi connectivity index (χ1) is 13.9. The molecule has 0 saturated heterocycles. The maximum absolute atomic E-state index is 12.9. The van der Waals surface area contributed by atoms with Crippen LogP contribution in [0, 0.1) is 0 Å². The molecule has 0 aliphatic rings. The second kappa shape index (κ2) is 9.63. The number of hydrogen-bond acceptors (Lipinski definition) is 5. The van der Waals surface area contributed by atoms with Crippen molar-refractivity contribution in [3.8, 4) is 0 Å². The lowest BCUT2D eigenvalue weighted by Gasteiger charge is -2.16. The SMILES string of the molecule is COCCn1c(S[C@H](C)C(=O)Nc2ccc(Cl)cc2)nc2cc(Cl)ccc2c1=O. The Kier molecular flexibility index (Phi) is 7.18. The zero-order valence-corrected chi connectivity index (χ0v) is 18.1. The molecule has 3 aromatic rings. The molecule has 9 heteroatoms. The fraction of sp³-hybridized carbons (Fsp3) is 0.250. The second-order valence-electron chi connectivity index (χ2n) is 6.26. The van der Waals surface area contributed by atoms with Crippen molar-refractivity contribution in [1.82, 2.24) is 9.55 Å². The highest BCUT2D eigenvalue weighted by molar-refractivity contribution is 8.00. The van der Waals surface area contributed by atoms with Crippen LogP contribution in [0.4, 0.5) is 5.69 Å². The molecule has 3 rings (SSSR count). The van der Waals surface area contributed by atoms with Crippen LogP contribution in [-0.2, 0) is 16.1 Å². The van der Waals surface area contributed by atoms with Gasteiger partial charge in [0.25, 0.3) is 5.56 Å². The number of hydrogen-bond donors (Lipinski definition) is 1. The number of amides is 1. The number of ether oxygens (including phenoxy) is 1. The molecule has 1 aromatic heterocycles. The van der Waals surface area contributed by atoms with Crippen molar-refractivity contribution in [3.63, 3.8) is 0 Å². The van der Waals surface area contributed by atoms with Gasteiger partial charge in [-0.05, 0) is 49.4 Å². The summed E-state index contributed by atoms with van der Waals surface area (Å²) >= 11 is 13.1. The standard InChI is InChI=1S/C20H19Cl2N3O3S/c1-12(18(26)23-15-6-3-13(21)4-7-15)29-20-24-17-11-14(22)5-8-16(17)19(27)25(20)9-10-28-2/h3-8,11-12H,9-10H2,1-2H3,(H,23,26)/t12-/m1/s1. The Hall–Kier alpha value is -2.06. The van der Waals surface area contributed by atoms with Crippen LogP contribution in [0.15, 0.2) is 52.4 Å². The summed E-state index contributed by atoms with van der Waals surface area (Å²) < 4.78 is 6.64. The summed E-state index contributed by atoms with van der Waals surface area (Å²) in [6.07, 6.45) is 0. The van der Waals surface area contributed by atoms with E-state index in [4.69, 9.17) is 27.9 Å². The van der Waals surface area contributed by atoms with Crippen LogP contribution in [0.5, 0.6) is 0 Å². The van der Waals surface area contributed by atoms with Crippen LogP contribution in [0.1, 0.15) is 6.92 Å². The summed E-state index contributed by atoms with van der Waals surface area (Å²) in [5.41, 5.74) is 0.933. The van der Waals surface area contributed by atoms with Gasteiger partial charge in [-0.3, -0.25) is 14.2 Å². The van der Waals surface area contributed by atoms with E-state index in [0.717, 1.165) is 0 Å². The van der Waals surface area contributed by atoms with Gasteiger partial charge in [0.2, 0.25) is 5.91 Å². The van der Waals surface area contributed by atoms with Crippen LogP contribution in [0.25, 0.3) is 10.9 Å². The van der Waals surface area contributed by atoms with E-state index >= 15 is 0 Å². The van der Waals surface area contributed by atoms with Crippen LogP contribution in [0.3, 0.4) is 0 Å². The quantitative estimate of drug-likeness (QED) is 0.423. The van der Waals surface area contributed by atoms with Gasteiger partial charge < -0.3 is 10.1 Å². The summed E-state index contributed by atoms with van der Waals surface area (Å²) in [5, 5.41) is 4.31. The van der Waals surface area contributed by atoms with Crippen molar-refractivity contribution in [3.05, 3.63) is 62.9 Å². The van der Waals surface area contributed by atoms with Gasteiger partial charge in [0.05, 0.1) is 29.3 Å². The summed E-state index contributed by atoms with van der Waals surface area (Å²) in [6, 6.07) is 11.8. The molecule has 1 N–H and O–H groups in total. The first kappa shape index (κ1) is 21.6. The third kappa shape index (κ3) is 5.30. The van der Waals surface area contributed by atoms with Crippen molar-refractivity contribution in [2.24, 2.45) is 0 Å². The van der Waals surface area contributed by atoms with Crippen molar-refractivity contribution < 1.29 is 9.53 Å². The van der Waals surface area contributed by atoms with Crippen molar-refractivity contribution >= 4 is 57.5 Å². The molecule has 1 atom stereocenters. The molecule has 1 amide bonds. The number of benzene rings is 2. The molecule has 6 nitrogen and oxygen atoms in total. The van der Waals surface area contributed by atoms with Gasteiger partial charge in [-0.2, -0.15) is 0 Å². The van der Waals surface area contributed by atoms with E-state index < -0.39 is 5.25 Å². The average molecular weight is 452 g/mol. The van der Waals surface area contributed by atoms with E-state index in [1.165, 1.54) is 16.3 Å². The summed E-state index contributed by atoms with van der Waals surface area (Å²) in [6.45, 7) is 2.43. The molecule has 0 unspecified atom stereocenters. The van der Waals surface area contributed by atoms with Gasteiger partial charge in [0, 0.05) is 22.8 Å². The van der Waals surface area contributed by atoms with Crippen molar-refractivity contribution in [2.75, 3.05) is 19.0 Å². The Morgan fingerprint density at radius 1 is 1.21 bits per heavy atom. The molecule has 0 spiro atoms. The van der Waals surface area contributed by atoms with Crippen molar-refractivity contribution in [2.45, 2.75) is 23.9 Å². The maximum Gasteiger partial charge on any atom is 0.262 e. The summed E-state index contributed by atoms with van der Waals surface area (Å²) in [7, 11) is 1.56. The fourth-order valence-corrected chi connectivity index (χ4v) is 3.86. The monoisotopic (exact) mass is 451 g/mol. The highest BCUT2D eigenvalue weighted by atomic mass is 35.5. The Balaban J connectivity index is 1.89. The third-order valence-corrected chi connectivity index (χ3v) is 5.74. The fourth-order valence-electron chi connectivity index (χ4n) is 2.63. The lowest BCUT2D eigenvalue weighted by Crippen LogP contribution is -2.28. The van der Waals surface area contributed by atoms with Gasteiger partial charge in [-0.15, -0.1) is 0 Å². The van der Waals surface area contributed by atoms with Crippen LogP contribution >= 0.6 is 35.0 Å². The Bertz CT molecular complexity index is 1090. The molecule has 2 aromatic carbocycles. The number of thioether (sulfide) groups is 1. The molecule has 0 aliphatic carbocycles. The normalized spacial score (nSPS) is 12.1. The first-order valence-electron chi connectivity index (χ1n) is 8.81. The first-order valence-corrected chi connectivity index (χ1v) is 10.4. The average Bonchev–Trinajstić information content (AvgIpc) is 2.69. The molecule has 152 valence electrons. The predicted octanol–water partition coefficient (Wildman–Crippen LogP) is 4.47. The number of nitrogens with zero attached hydrogens (tertiary/aromatic N) is 2. The van der Waals surface area contributed by atoms with E-state index in [-0.39, 0.29) is 11.5 Å². The van der Waals surface area contributed by atoms with Crippen molar-refractivity contribution in [1.29, 1.82) is 0 Å². The van der Waals surface area contributed by atoms with Gasteiger partial charge in [0.1, 0.15) is 0 Å². The third-order valence-electron chi connectivity index (χ3n) is 4.16. The Morgan fingerprint density at radius 3 is 2.59 bits per heavy atom. The predicted molar refractivity (Wildman–Crippen MR) is 118 cm³/mol. The molecule has 0 saturated carbocycles. The van der Waals surface area contributed by atoms with E-state index in [1.54, 1.807) is 56.5 Å². The second-order valence-corrected chi connectivity index (χ2v) is 8.44. The van der Waals surface area contributed by atoms with E-state index in [0.29, 0.717) is 44.9 Å². The van der Waals surface area contributed by atoms with Gasteiger partial charge in [-0.1, -0.05) is 35.0 Å². The summed E-state index contributed by atoms with van der Waals surface area (Å²) in [4.78, 5) is 30.1. The van der Waals surface area contributed by atoms with Gasteiger partial charge >= 0.3 is 0 Å². The largest absolute Gasteiger partial charge is 0.383 e.